The van der Waals surface area contributed by atoms with Crippen molar-refractivity contribution in [3.8, 4) is 0 Å². The Morgan fingerprint density at radius 1 is 1.00 bits per heavy atom. The van der Waals surface area contributed by atoms with Crippen molar-refractivity contribution in [3.63, 3.8) is 0 Å². The number of ether oxygens (including phenoxy) is 2. The van der Waals surface area contributed by atoms with Gasteiger partial charge in [-0.15, -0.1) is 0 Å². The first-order valence-corrected chi connectivity index (χ1v) is 7.45. The predicted molar refractivity (Wildman–Crippen MR) is 82.4 cm³/mol. The summed E-state index contributed by atoms with van der Waals surface area (Å²) < 4.78 is 9.55. The van der Waals surface area contributed by atoms with E-state index in [2.05, 4.69) is 4.99 Å². The number of esters is 1. The average Bonchev–Trinajstić information content (AvgIpc) is 2.42. The van der Waals surface area contributed by atoms with Crippen molar-refractivity contribution >= 4 is 55.8 Å². The molecule has 0 N–H and O–H groups in total. The first-order chi connectivity index (χ1) is 10.2. The van der Waals surface area contributed by atoms with E-state index in [4.69, 9.17) is 9.47 Å². The number of rotatable bonds is 10. The maximum atomic E-state index is 11.3. The Morgan fingerprint density at radius 3 is 2.04 bits per heavy atom. The Bertz CT molecular complexity index is 384. The number of hydrogen-bond donors (Lipinski definition) is 0. The SMILES string of the molecule is CC(C)CCC(CN=C([O-])OCCOC(=O)C(C)C)C(=O)[O-].[Ca+2]. The molecule has 23 heavy (non-hydrogen) atoms. The Morgan fingerprint density at radius 2 is 1.57 bits per heavy atom. The molecular weight excluding hydrogens is 330 g/mol. The van der Waals surface area contributed by atoms with Crippen LogP contribution in [-0.4, -0.2) is 75.5 Å². The Labute approximate surface area is 167 Å². The second-order valence-electron chi connectivity index (χ2n) is 5.76. The van der Waals surface area contributed by atoms with E-state index in [0.717, 1.165) is 0 Å². The smallest absolute Gasteiger partial charge is 0.597 e. The predicted octanol–water partition coefficient (Wildman–Crippen LogP) is -0.660. The monoisotopic (exact) mass is 355 g/mol. The summed E-state index contributed by atoms with van der Waals surface area (Å²) in [5.41, 5.74) is 0. The fourth-order valence-electron chi connectivity index (χ4n) is 1.49. The van der Waals surface area contributed by atoms with Gasteiger partial charge < -0.3 is 24.5 Å². The molecule has 0 aliphatic rings. The third kappa shape index (κ3) is 13.6. The number of aliphatic carboxylic acids is 1. The van der Waals surface area contributed by atoms with Crippen molar-refractivity contribution in [3.05, 3.63) is 0 Å². The minimum absolute atomic E-state index is 0. The Balaban J connectivity index is 0. The molecule has 8 heteroatoms. The molecule has 0 fully saturated rings. The van der Waals surface area contributed by atoms with Crippen LogP contribution < -0.4 is 10.2 Å². The minimum Gasteiger partial charge on any atom is -0.597 e. The zero-order valence-corrected chi connectivity index (χ0v) is 16.6. The van der Waals surface area contributed by atoms with Gasteiger partial charge in [-0.05, 0) is 12.3 Å². The topological polar surface area (TPSA) is 111 Å². The van der Waals surface area contributed by atoms with Crippen molar-refractivity contribution in [2.24, 2.45) is 22.7 Å². The van der Waals surface area contributed by atoms with Gasteiger partial charge in [-0.2, -0.15) is 0 Å². The van der Waals surface area contributed by atoms with Crippen LogP contribution in [0.5, 0.6) is 0 Å². The van der Waals surface area contributed by atoms with Crippen LogP contribution in [0.3, 0.4) is 0 Å². The maximum absolute atomic E-state index is 11.3. The molecule has 1 atom stereocenters. The Kier molecular flexibility index (Phi) is 14.9. The fraction of sp³-hybridized carbons (Fsp3) is 0.800. The summed E-state index contributed by atoms with van der Waals surface area (Å²) in [6.07, 6.45) is 0.258. The van der Waals surface area contributed by atoms with Crippen molar-refractivity contribution in [1.82, 2.24) is 0 Å². The molecular formula is C15H25CaNO6. The van der Waals surface area contributed by atoms with Crippen LogP contribution in [0.15, 0.2) is 4.99 Å². The maximum Gasteiger partial charge on any atom is 2.00 e. The molecule has 0 spiro atoms. The van der Waals surface area contributed by atoms with Gasteiger partial charge in [0.15, 0.2) is 0 Å². The number of carboxylic acid groups (broad SMARTS) is 1. The molecule has 0 radical (unpaired) electrons. The molecule has 0 saturated heterocycles. The first-order valence-electron chi connectivity index (χ1n) is 7.45. The van der Waals surface area contributed by atoms with Gasteiger partial charge in [0.1, 0.15) is 12.7 Å². The van der Waals surface area contributed by atoms with E-state index >= 15 is 0 Å². The third-order valence-electron chi connectivity index (χ3n) is 2.89. The molecule has 0 amide bonds. The van der Waals surface area contributed by atoms with Crippen LogP contribution in [0.25, 0.3) is 0 Å². The number of hydrogen-bond acceptors (Lipinski definition) is 7. The van der Waals surface area contributed by atoms with Gasteiger partial charge in [-0.25, -0.2) is 0 Å². The summed E-state index contributed by atoms with van der Waals surface area (Å²) in [7, 11) is 0. The van der Waals surface area contributed by atoms with Crippen LogP contribution in [0.4, 0.5) is 0 Å². The second kappa shape index (κ2) is 13.9. The van der Waals surface area contributed by atoms with Crippen LogP contribution >= 0.6 is 0 Å². The van der Waals surface area contributed by atoms with Crippen molar-refractivity contribution in [1.29, 1.82) is 0 Å². The summed E-state index contributed by atoms with van der Waals surface area (Å²) in [4.78, 5) is 25.6. The largest absolute Gasteiger partial charge is 2.00 e. The molecule has 0 aromatic heterocycles. The molecule has 0 aliphatic heterocycles. The quantitative estimate of drug-likeness (QED) is 0.169. The first kappa shape index (κ1) is 24.7. The summed E-state index contributed by atoms with van der Waals surface area (Å²) in [5.74, 6) is -2.27. The van der Waals surface area contributed by atoms with E-state index in [9.17, 15) is 19.8 Å². The molecule has 7 nitrogen and oxygen atoms in total. The third-order valence-corrected chi connectivity index (χ3v) is 2.89. The van der Waals surface area contributed by atoms with E-state index in [1.165, 1.54) is 0 Å². The minimum atomic E-state index is -1.22. The molecule has 0 aromatic carbocycles. The van der Waals surface area contributed by atoms with Crippen molar-refractivity contribution in [2.75, 3.05) is 19.8 Å². The van der Waals surface area contributed by atoms with Crippen LogP contribution in [0.2, 0.25) is 0 Å². The second-order valence-corrected chi connectivity index (χ2v) is 5.76. The van der Waals surface area contributed by atoms with Crippen molar-refractivity contribution < 1.29 is 29.3 Å². The zero-order chi connectivity index (χ0) is 17.1. The number of aliphatic imine (C=N–C) groups is 1. The average molecular weight is 355 g/mol. The van der Waals surface area contributed by atoms with E-state index in [1.807, 2.05) is 13.8 Å². The number of nitrogens with zero attached hydrogens (tertiary/aromatic N) is 1. The molecule has 0 rings (SSSR count). The van der Waals surface area contributed by atoms with Gasteiger partial charge in [0.25, 0.3) is 0 Å². The molecule has 128 valence electrons. The van der Waals surface area contributed by atoms with Gasteiger partial charge in [-0.3, -0.25) is 9.79 Å². The normalized spacial score (nSPS) is 12.7. The van der Waals surface area contributed by atoms with Gasteiger partial charge in [-0.1, -0.05) is 34.1 Å². The van der Waals surface area contributed by atoms with Crippen LogP contribution in [0.1, 0.15) is 40.5 Å². The van der Waals surface area contributed by atoms with E-state index < -0.39 is 18.0 Å². The molecule has 0 aromatic rings. The van der Waals surface area contributed by atoms with E-state index in [1.54, 1.807) is 13.8 Å². The van der Waals surface area contributed by atoms with E-state index in [-0.39, 0.29) is 69.4 Å². The summed E-state index contributed by atoms with van der Waals surface area (Å²) in [6, 6.07) is 0. The Hall–Kier alpha value is -0.530. The van der Waals surface area contributed by atoms with Gasteiger partial charge in [0, 0.05) is 25.0 Å². The van der Waals surface area contributed by atoms with Crippen LogP contribution in [-0.2, 0) is 19.1 Å². The summed E-state index contributed by atoms with van der Waals surface area (Å²) in [6.45, 7) is 7.03. The fourth-order valence-corrected chi connectivity index (χ4v) is 1.49. The van der Waals surface area contributed by atoms with Gasteiger partial charge >= 0.3 is 43.7 Å². The van der Waals surface area contributed by atoms with Gasteiger partial charge in [0.05, 0.1) is 5.92 Å². The summed E-state index contributed by atoms with van der Waals surface area (Å²) in [5, 5.41) is 22.3. The molecule has 0 aliphatic carbocycles. The zero-order valence-electron chi connectivity index (χ0n) is 14.4. The molecule has 0 saturated carbocycles. The van der Waals surface area contributed by atoms with E-state index in [0.29, 0.717) is 18.8 Å². The molecule has 0 heterocycles. The number of carbonyl (C=O) groups is 2. The molecule has 1 unspecified atom stereocenters. The number of carbonyl (C=O) groups excluding carboxylic acids is 2. The molecule has 0 bridgehead atoms. The van der Waals surface area contributed by atoms with Crippen molar-refractivity contribution in [2.45, 2.75) is 40.5 Å². The summed E-state index contributed by atoms with van der Waals surface area (Å²) >= 11 is 0. The van der Waals surface area contributed by atoms with Gasteiger partial charge in [0.2, 0.25) is 0 Å². The standard InChI is InChI=1S/C15H27NO6.Ca/c1-10(2)5-6-12(13(17)18)9-16-15(20)22-8-7-21-14(19)11(3)4;/h10-12H,5-9H2,1-4H3,(H,16,20)(H,17,18);/q;+2/p-2. The van der Waals surface area contributed by atoms with Crippen LogP contribution in [0, 0.1) is 17.8 Å². The number of carboxylic acids is 1.